The minimum Gasteiger partial charge on any atom is -0.466 e. The van der Waals surface area contributed by atoms with E-state index in [1.165, 1.54) is 19.3 Å². The van der Waals surface area contributed by atoms with E-state index in [9.17, 15) is 4.79 Å². The van der Waals surface area contributed by atoms with Gasteiger partial charge in [0.15, 0.2) is 0 Å². The van der Waals surface area contributed by atoms with Crippen LogP contribution in [0.1, 0.15) is 46.5 Å². The highest BCUT2D eigenvalue weighted by Gasteiger charge is 2.26. The first-order valence-corrected chi connectivity index (χ1v) is 6.54. The van der Waals surface area contributed by atoms with Crippen LogP contribution in [-0.4, -0.2) is 36.6 Å². The van der Waals surface area contributed by atoms with Crippen molar-refractivity contribution < 1.29 is 9.53 Å². The van der Waals surface area contributed by atoms with Crippen molar-refractivity contribution in [1.29, 1.82) is 0 Å². The molecule has 0 spiro atoms. The Bertz CT molecular complexity index is 210. The summed E-state index contributed by atoms with van der Waals surface area (Å²) in [5, 5.41) is 0. The number of piperidine rings is 1. The number of esters is 1. The van der Waals surface area contributed by atoms with Crippen molar-refractivity contribution in [3.05, 3.63) is 0 Å². The van der Waals surface area contributed by atoms with E-state index in [0.717, 1.165) is 13.1 Å². The van der Waals surface area contributed by atoms with Crippen LogP contribution < -0.4 is 0 Å². The molecule has 0 N–H and O–H groups in total. The maximum Gasteiger partial charge on any atom is 0.307 e. The van der Waals surface area contributed by atoms with Gasteiger partial charge in [-0.05, 0) is 38.8 Å². The Balaban J connectivity index is 2.48. The van der Waals surface area contributed by atoms with Gasteiger partial charge in [0.2, 0.25) is 0 Å². The summed E-state index contributed by atoms with van der Waals surface area (Å²) in [6.07, 6.45) is 4.42. The zero-order valence-electron chi connectivity index (χ0n) is 10.9. The van der Waals surface area contributed by atoms with Crippen LogP contribution in [0.2, 0.25) is 0 Å². The SMILES string of the molecule is CCOC(=O)C[C@H](C(C)C)N1CCCCC1. The molecule has 0 aliphatic carbocycles. The van der Waals surface area contributed by atoms with E-state index in [2.05, 4.69) is 18.7 Å². The van der Waals surface area contributed by atoms with Crippen LogP contribution in [0.15, 0.2) is 0 Å². The first-order valence-electron chi connectivity index (χ1n) is 6.54. The topological polar surface area (TPSA) is 29.5 Å². The molecule has 0 unspecified atom stereocenters. The molecule has 1 saturated heterocycles. The third kappa shape index (κ3) is 4.12. The molecule has 16 heavy (non-hydrogen) atoms. The Hall–Kier alpha value is -0.570. The van der Waals surface area contributed by atoms with Crippen LogP contribution in [-0.2, 0) is 9.53 Å². The average Bonchev–Trinajstić information content (AvgIpc) is 2.27. The van der Waals surface area contributed by atoms with E-state index >= 15 is 0 Å². The Kier molecular flexibility index (Phi) is 5.81. The molecular weight excluding hydrogens is 202 g/mol. The molecule has 1 heterocycles. The first-order chi connectivity index (χ1) is 7.65. The molecule has 1 atom stereocenters. The third-order valence-electron chi connectivity index (χ3n) is 3.31. The van der Waals surface area contributed by atoms with Crippen molar-refractivity contribution >= 4 is 5.97 Å². The number of hydrogen-bond donors (Lipinski definition) is 0. The Morgan fingerprint density at radius 1 is 1.25 bits per heavy atom. The Morgan fingerprint density at radius 2 is 1.88 bits per heavy atom. The van der Waals surface area contributed by atoms with Crippen molar-refractivity contribution in [2.75, 3.05) is 19.7 Å². The highest BCUT2D eigenvalue weighted by Crippen LogP contribution is 2.20. The van der Waals surface area contributed by atoms with Crippen molar-refractivity contribution in [1.82, 2.24) is 4.90 Å². The minimum absolute atomic E-state index is 0.0493. The number of ether oxygens (including phenoxy) is 1. The highest BCUT2D eigenvalue weighted by atomic mass is 16.5. The quantitative estimate of drug-likeness (QED) is 0.676. The summed E-state index contributed by atoms with van der Waals surface area (Å²) in [6, 6.07) is 0.361. The summed E-state index contributed by atoms with van der Waals surface area (Å²) in [4.78, 5) is 14.0. The lowest BCUT2D eigenvalue weighted by Crippen LogP contribution is -2.43. The molecule has 0 aromatic carbocycles. The molecule has 94 valence electrons. The lowest BCUT2D eigenvalue weighted by Gasteiger charge is -2.36. The molecule has 1 aliphatic heterocycles. The summed E-state index contributed by atoms with van der Waals surface area (Å²) in [6.45, 7) is 9.02. The van der Waals surface area contributed by atoms with Gasteiger partial charge in [0, 0.05) is 6.04 Å². The fourth-order valence-electron chi connectivity index (χ4n) is 2.43. The normalized spacial score (nSPS) is 19.8. The highest BCUT2D eigenvalue weighted by molar-refractivity contribution is 5.70. The lowest BCUT2D eigenvalue weighted by atomic mass is 9.96. The second-order valence-corrected chi connectivity index (χ2v) is 4.92. The number of hydrogen-bond acceptors (Lipinski definition) is 3. The fourth-order valence-corrected chi connectivity index (χ4v) is 2.43. The molecule has 0 aromatic heterocycles. The number of carbonyl (C=O) groups excluding carboxylic acids is 1. The average molecular weight is 227 g/mol. The van der Waals surface area contributed by atoms with Crippen LogP contribution in [0.3, 0.4) is 0 Å². The van der Waals surface area contributed by atoms with E-state index in [0.29, 0.717) is 25.0 Å². The molecule has 0 radical (unpaired) electrons. The second kappa shape index (κ2) is 6.89. The molecule has 1 fully saturated rings. The maximum atomic E-state index is 11.6. The predicted molar refractivity (Wildman–Crippen MR) is 65.3 cm³/mol. The van der Waals surface area contributed by atoms with Gasteiger partial charge < -0.3 is 4.74 Å². The molecule has 3 heteroatoms. The standard InChI is InChI=1S/C13H25NO2/c1-4-16-13(15)10-12(11(2)3)14-8-6-5-7-9-14/h11-12H,4-10H2,1-3H3/t12-/m1/s1. The van der Waals surface area contributed by atoms with E-state index in [1.807, 2.05) is 6.92 Å². The number of nitrogens with zero attached hydrogens (tertiary/aromatic N) is 1. The van der Waals surface area contributed by atoms with Crippen molar-refractivity contribution in [3.8, 4) is 0 Å². The van der Waals surface area contributed by atoms with Gasteiger partial charge in [0.25, 0.3) is 0 Å². The van der Waals surface area contributed by atoms with Gasteiger partial charge >= 0.3 is 5.97 Å². The van der Waals surface area contributed by atoms with E-state index < -0.39 is 0 Å². The van der Waals surface area contributed by atoms with Crippen molar-refractivity contribution in [3.63, 3.8) is 0 Å². The summed E-state index contributed by atoms with van der Waals surface area (Å²) in [7, 11) is 0. The Labute approximate surface area is 99.1 Å². The van der Waals surface area contributed by atoms with Gasteiger partial charge in [-0.1, -0.05) is 20.3 Å². The monoisotopic (exact) mass is 227 g/mol. The number of rotatable bonds is 5. The van der Waals surface area contributed by atoms with Crippen molar-refractivity contribution in [2.45, 2.75) is 52.5 Å². The first kappa shape index (κ1) is 13.5. The van der Waals surface area contributed by atoms with Crippen LogP contribution in [0.4, 0.5) is 0 Å². The summed E-state index contributed by atoms with van der Waals surface area (Å²) in [5.74, 6) is 0.467. The molecule has 0 aromatic rings. The molecule has 3 nitrogen and oxygen atoms in total. The molecule has 0 amide bonds. The number of likely N-dealkylation sites (tertiary alicyclic amines) is 1. The summed E-state index contributed by atoms with van der Waals surface area (Å²) < 4.78 is 5.05. The fraction of sp³-hybridized carbons (Fsp3) is 0.923. The van der Waals surface area contributed by atoms with Gasteiger partial charge in [-0.2, -0.15) is 0 Å². The van der Waals surface area contributed by atoms with E-state index in [1.54, 1.807) is 0 Å². The molecule has 0 bridgehead atoms. The van der Waals surface area contributed by atoms with Gasteiger partial charge in [-0.15, -0.1) is 0 Å². The van der Waals surface area contributed by atoms with Crippen molar-refractivity contribution in [2.24, 2.45) is 5.92 Å². The molecule has 1 rings (SSSR count). The summed E-state index contributed by atoms with van der Waals surface area (Å²) >= 11 is 0. The zero-order valence-corrected chi connectivity index (χ0v) is 10.9. The Morgan fingerprint density at radius 3 is 2.38 bits per heavy atom. The molecule has 0 saturated carbocycles. The third-order valence-corrected chi connectivity index (χ3v) is 3.31. The van der Waals surface area contributed by atoms with Gasteiger partial charge in [-0.3, -0.25) is 9.69 Å². The second-order valence-electron chi connectivity index (χ2n) is 4.92. The van der Waals surface area contributed by atoms with Gasteiger partial charge in [0.05, 0.1) is 13.0 Å². The van der Waals surface area contributed by atoms with Crippen LogP contribution in [0.25, 0.3) is 0 Å². The smallest absolute Gasteiger partial charge is 0.307 e. The van der Waals surface area contributed by atoms with Crippen LogP contribution in [0, 0.1) is 5.92 Å². The minimum atomic E-state index is -0.0493. The number of carbonyl (C=O) groups is 1. The van der Waals surface area contributed by atoms with Gasteiger partial charge in [-0.25, -0.2) is 0 Å². The molecule has 1 aliphatic rings. The van der Waals surface area contributed by atoms with Crippen LogP contribution >= 0.6 is 0 Å². The predicted octanol–water partition coefficient (Wildman–Crippen LogP) is 2.45. The van der Waals surface area contributed by atoms with E-state index in [-0.39, 0.29) is 5.97 Å². The van der Waals surface area contributed by atoms with E-state index in [4.69, 9.17) is 4.74 Å². The maximum absolute atomic E-state index is 11.6. The van der Waals surface area contributed by atoms with Crippen LogP contribution in [0.5, 0.6) is 0 Å². The molecular formula is C13H25NO2. The largest absolute Gasteiger partial charge is 0.466 e. The van der Waals surface area contributed by atoms with Gasteiger partial charge in [0.1, 0.15) is 0 Å². The lowest BCUT2D eigenvalue weighted by molar-refractivity contribution is -0.145. The summed E-state index contributed by atoms with van der Waals surface area (Å²) in [5.41, 5.74) is 0. The zero-order chi connectivity index (χ0) is 12.0.